The first kappa shape index (κ1) is 17.5. The molecule has 7 heteroatoms. The fourth-order valence-electron chi connectivity index (χ4n) is 2.79. The maximum absolute atomic E-state index is 12.4. The third kappa shape index (κ3) is 3.77. The first-order valence-corrected chi connectivity index (χ1v) is 9.46. The molecule has 1 amide bonds. The molecule has 0 aliphatic carbocycles. The topological polar surface area (TPSA) is 75.6 Å². The van der Waals surface area contributed by atoms with Crippen molar-refractivity contribution in [2.75, 3.05) is 0 Å². The number of H-pyrrole nitrogens is 1. The molecule has 6 nitrogen and oxygen atoms in total. The van der Waals surface area contributed by atoms with Crippen molar-refractivity contribution < 1.29 is 4.79 Å². The van der Waals surface area contributed by atoms with Crippen LogP contribution in [0.15, 0.2) is 73.1 Å². The molecule has 0 fully saturated rings. The average Bonchev–Trinajstić information content (AvgIpc) is 3.34. The van der Waals surface area contributed by atoms with Gasteiger partial charge in [0.2, 0.25) is 0 Å². The van der Waals surface area contributed by atoms with E-state index in [1.807, 2.05) is 71.5 Å². The summed E-state index contributed by atoms with van der Waals surface area (Å²) in [5.41, 5.74) is 4.22. The summed E-state index contributed by atoms with van der Waals surface area (Å²) < 4.78 is 2.62. The zero-order valence-corrected chi connectivity index (χ0v) is 16.4. The van der Waals surface area contributed by atoms with E-state index in [0.717, 1.165) is 26.1 Å². The minimum Gasteiger partial charge on any atom is -0.346 e. The minimum atomic E-state index is -0.191. The molecule has 2 aromatic heterocycles. The third-order valence-corrected chi connectivity index (χ3v) is 4.94. The zero-order chi connectivity index (χ0) is 18.6. The maximum Gasteiger partial charge on any atom is 0.270 e. The van der Waals surface area contributed by atoms with E-state index in [9.17, 15) is 4.79 Å². The van der Waals surface area contributed by atoms with Crippen LogP contribution in [0, 0.1) is 3.57 Å². The van der Waals surface area contributed by atoms with Crippen molar-refractivity contribution >= 4 is 28.5 Å². The van der Waals surface area contributed by atoms with E-state index in [2.05, 4.69) is 38.1 Å². The summed E-state index contributed by atoms with van der Waals surface area (Å²) in [7, 11) is 0. The summed E-state index contributed by atoms with van der Waals surface area (Å²) in [6.07, 6.45) is 3.58. The van der Waals surface area contributed by atoms with Crippen LogP contribution in [0.1, 0.15) is 16.1 Å². The maximum atomic E-state index is 12.4. The largest absolute Gasteiger partial charge is 0.346 e. The number of carbonyl (C=O) groups is 1. The fraction of sp³-hybridized carbons (Fsp3) is 0.0500. The lowest BCUT2D eigenvalue weighted by atomic mass is 10.1. The van der Waals surface area contributed by atoms with Gasteiger partial charge in [0.1, 0.15) is 5.69 Å². The van der Waals surface area contributed by atoms with Crippen molar-refractivity contribution in [2.45, 2.75) is 6.54 Å². The lowest BCUT2D eigenvalue weighted by molar-refractivity contribution is 0.0945. The number of rotatable bonds is 5. The number of nitrogens with zero attached hydrogens (tertiary/aromatic N) is 3. The number of hydrogen-bond donors (Lipinski definition) is 2. The summed E-state index contributed by atoms with van der Waals surface area (Å²) >= 11 is 2.08. The Hall–Kier alpha value is -2.94. The third-order valence-electron chi connectivity index (χ3n) is 4.12. The SMILES string of the molecule is O=C(NCc1cn(-c2ccccc2)nc1-c1ccccc1)c1[nH]ncc1I. The molecule has 134 valence electrons. The van der Waals surface area contributed by atoms with Crippen molar-refractivity contribution in [1.29, 1.82) is 0 Å². The molecule has 0 bridgehead atoms. The van der Waals surface area contributed by atoms with Crippen LogP contribution in [0.4, 0.5) is 0 Å². The molecule has 0 spiro atoms. The van der Waals surface area contributed by atoms with Gasteiger partial charge >= 0.3 is 0 Å². The number of amides is 1. The van der Waals surface area contributed by atoms with Crippen LogP contribution in [0.3, 0.4) is 0 Å². The molecule has 0 atom stereocenters. The highest BCUT2D eigenvalue weighted by Gasteiger charge is 2.16. The van der Waals surface area contributed by atoms with Crippen LogP contribution in [-0.4, -0.2) is 25.9 Å². The molecule has 0 unspecified atom stereocenters. The van der Waals surface area contributed by atoms with Gasteiger partial charge in [0.05, 0.1) is 21.1 Å². The first-order chi connectivity index (χ1) is 13.2. The highest BCUT2D eigenvalue weighted by atomic mass is 127. The molecule has 27 heavy (non-hydrogen) atoms. The van der Waals surface area contributed by atoms with E-state index in [0.29, 0.717) is 12.2 Å². The minimum absolute atomic E-state index is 0.191. The Morgan fingerprint density at radius 3 is 2.44 bits per heavy atom. The quantitative estimate of drug-likeness (QED) is 0.437. The van der Waals surface area contributed by atoms with Gasteiger partial charge in [-0.2, -0.15) is 10.2 Å². The number of benzene rings is 2. The van der Waals surface area contributed by atoms with E-state index in [-0.39, 0.29) is 5.91 Å². The number of nitrogens with one attached hydrogen (secondary N) is 2. The van der Waals surface area contributed by atoms with Gasteiger partial charge in [-0.05, 0) is 34.7 Å². The van der Waals surface area contributed by atoms with Crippen LogP contribution in [0.25, 0.3) is 16.9 Å². The summed E-state index contributed by atoms with van der Waals surface area (Å²) in [5.74, 6) is -0.191. The van der Waals surface area contributed by atoms with Crippen LogP contribution in [0.2, 0.25) is 0 Å². The van der Waals surface area contributed by atoms with Crippen molar-refractivity contribution in [3.05, 3.63) is 87.9 Å². The smallest absolute Gasteiger partial charge is 0.270 e. The van der Waals surface area contributed by atoms with E-state index < -0.39 is 0 Å². The lowest BCUT2D eigenvalue weighted by Gasteiger charge is -2.05. The summed E-state index contributed by atoms with van der Waals surface area (Å²) in [6.45, 7) is 0.366. The highest BCUT2D eigenvalue weighted by molar-refractivity contribution is 14.1. The van der Waals surface area contributed by atoms with Crippen molar-refractivity contribution in [3.8, 4) is 16.9 Å². The summed E-state index contributed by atoms with van der Waals surface area (Å²) in [5, 5.41) is 14.3. The normalized spacial score (nSPS) is 10.7. The second-order valence-corrected chi connectivity index (χ2v) is 7.09. The monoisotopic (exact) mass is 469 g/mol. The summed E-state index contributed by atoms with van der Waals surface area (Å²) in [6, 6.07) is 19.9. The predicted molar refractivity (Wildman–Crippen MR) is 111 cm³/mol. The van der Waals surface area contributed by atoms with Gasteiger partial charge in [0.25, 0.3) is 5.91 Å². The van der Waals surface area contributed by atoms with Gasteiger partial charge in [0, 0.05) is 23.9 Å². The van der Waals surface area contributed by atoms with Crippen molar-refractivity contribution in [3.63, 3.8) is 0 Å². The van der Waals surface area contributed by atoms with E-state index in [1.165, 1.54) is 0 Å². The van der Waals surface area contributed by atoms with Gasteiger partial charge in [-0.1, -0.05) is 48.5 Å². The Morgan fingerprint density at radius 1 is 1.07 bits per heavy atom. The number of carbonyl (C=O) groups excluding carboxylic acids is 1. The van der Waals surface area contributed by atoms with E-state index in [4.69, 9.17) is 5.10 Å². The average molecular weight is 469 g/mol. The number of aromatic amines is 1. The molecule has 0 saturated heterocycles. The van der Waals surface area contributed by atoms with Gasteiger partial charge in [0.15, 0.2) is 0 Å². The highest BCUT2D eigenvalue weighted by Crippen LogP contribution is 2.23. The second kappa shape index (κ2) is 7.75. The first-order valence-electron chi connectivity index (χ1n) is 8.39. The van der Waals surface area contributed by atoms with E-state index >= 15 is 0 Å². The number of para-hydroxylation sites is 1. The zero-order valence-electron chi connectivity index (χ0n) is 14.3. The second-order valence-electron chi connectivity index (χ2n) is 5.92. The van der Waals surface area contributed by atoms with Gasteiger partial charge in [-0.15, -0.1) is 0 Å². The van der Waals surface area contributed by atoms with Crippen molar-refractivity contribution in [1.82, 2.24) is 25.3 Å². The molecule has 4 rings (SSSR count). The molecule has 0 radical (unpaired) electrons. The van der Waals surface area contributed by atoms with Crippen LogP contribution >= 0.6 is 22.6 Å². The molecule has 2 heterocycles. The van der Waals surface area contributed by atoms with Crippen molar-refractivity contribution in [2.24, 2.45) is 0 Å². The predicted octanol–water partition coefficient (Wildman–Crippen LogP) is 3.80. The Balaban J connectivity index is 1.65. The molecule has 0 aliphatic rings. The molecule has 2 N–H and O–H groups in total. The Kier molecular flexibility index (Phi) is 5.01. The molecular formula is C20H16IN5O. The van der Waals surface area contributed by atoms with E-state index in [1.54, 1.807) is 6.20 Å². The molecule has 4 aromatic rings. The number of aromatic nitrogens is 4. The van der Waals surface area contributed by atoms with Gasteiger partial charge < -0.3 is 5.32 Å². The van der Waals surface area contributed by atoms with Crippen LogP contribution in [-0.2, 0) is 6.54 Å². The Morgan fingerprint density at radius 2 is 1.78 bits per heavy atom. The molecule has 0 aliphatic heterocycles. The Labute approximate surface area is 169 Å². The standard InChI is InChI=1S/C20H16IN5O/c21-17-12-23-24-19(17)20(27)22-11-15-13-26(16-9-5-2-6-10-16)25-18(15)14-7-3-1-4-8-14/h1-10,12-13H,11H2,(H,22,27)(H,23,24). The number of hydrogen-bond acceptors (Lipinski definition) is 3. The lowest BCUT2D eigenvalue weighted by Crippen LogP contribution is -2.24. The molecule has 0 saturated carbocycles. The molecular weight excluding hydrogens is 453 g/mol. The number of halogens is 1. The Bertz CT molecular complexity index is 1060. The summed E-state index contributed by atoms with van der Waals surface area (Å²) in [4.78, 5) is 12.4. The van der Waals surface area contributed by atoms with Gasteiger partial charge in [-0.25, -0.2) is 4.68 Å². The van der Waals surface area contributed by atoms with Gasteiger partial charge in [-0.3, -0.25) is 9.89 Å². The van der Waals surface area contributed by atoms with Crippen LogP contribution in [0.5, 0.6) is 0 Å². The fourth-order valence-corrected chi connectivity index (χ4v) is 3.29. The van der Waals surface area contributed by atoms with Crippen LogP contribution < -0.4 is 5.32 Å². The molecule has 2 aromatic carbocycles.